The molecule has 0 bridgehead atoms. The zero-order valence-corrected chi connectivity index (χ0v) is 14.7. The van der Waals surface area contributed by atoms with Crippen LogP contribution in [-0.2, 0) is 12.8 Å². The first kappa shape index (κ1) is 15.9. The first-order valence-electron chi connectivity index (χ1n) is 8.30. The summed E-state index contributed by atoms with van der Waals surface area (Å²) in [5.41, 5.74) is 8.50. The molecule has 2 aromatic heterocycles. The molecule has 0 spiro atoms. The SMILES string of the molecule is Cc1c(C(=O)Nc2sc3c(c2C(N)=O)CCCC3)oc2ccccc12. The number of amides is 2. The van der Waals surface area contributed by atoms with Gasteiger partial charge in [0, 0.05) is 15.8 Å². The second kappa shape index (κ2) is 6.04. The number of fused-ring (bicyclic) bond motifs is 2. The van der Waals surface area contributed by atoms with Crippen LogP contribution in [0.2, 0.25) is 0 Å². The van der Waals surface area contributed by atoms with Crippen LogP contribution in [0.15, 0.2) is 28.7 Å². The molecule has 1 aliphatic rings. The van der Waals surface area contributed by atoms with E-state index in [0.29, 0.717) is 16.1 Å². The number of furan rings is 1. The molecule has 0 atom stereocenters. The molecule has 4 rings (SSSR count). The number of rotatable bonds is 3. The molecule has 128 valence electrons. The number of nitrogens with two attached hydrogens (primary N) is 1. The second-order valence-corrected chi connectivity index (χ2v) is 7.39. The van der Waals surface area contributed by atoms with Crippen molar-refractivity contribution in [1.82, 2.24) is 0 Å². The summed E-state index contributed by atoms with van der Waals surface area (Å²) >= 11 is 1.45. The fraction of sp³-hybridized carbons (Fsp3) is 0.263. The van der Waals surface area contributed by atoms with E-state index >= 15 is 0 Å². The number of anilines is 1. The third kappa shape index (κ3) is 2.62. The third-order valence-corrected chi connectivity index (χ3v) is 5.90. The summed E-state index contributed by atoms with van der Waals surface area (Å²) in [5, 5.41) is 4.29. The number of carbonyl (C=O) groups is 2. The quantitative estimate of drug-likeness (QED) is 0.744. The number of aryl methyl sites for hydroxylation is 2. The van der Waals surface area contributed by atoms with Crippen LogP contribution in [0, 0.1) is 6.92 Å². The van der Waals surface area contributed by atoms with Gasteiger partial charge in [0.05, 0.1) is 5.56 Å². The van der Waals surface area contributed by atoms with Crippen LogP contribution in [0.5, 0.6) is 0 Å². The Morgan fingerprint density at radius 3 is 2.72 bits per heavy atom. The van der Waals surface area contributed by atoms with Gasteiger partial charge in [-0.3, -0.25) is 9.59 Å². The summed E-state index contributed by atoms with van der Waals surface area (Å²) < 4.78 is 5.71. The van der Waals surface area contributed by atoms with Gasteiger partial charge >= 0.3 is 0 Å². The molecule has 2 heterocycles. The number of primary amides is 1. The van der Waals surface area contributed by atoms with Crippen molar-refractivity contribution in [3.05, 3.63) is 51.6 Å². The highest BCUT2D eigenvalue weighted by atomic mass is 32.1. The predicted octanol–water partition coefficient (Wildman–Crippen LogP) is 4.03. The zero-order valence-electron chi connectivity index (χ0n) is 13.8. The fourth-order valence-corrected chi connectivity index (χ4v) is 4.76. The minimum atomic E-state index is -0.490. The first-order valence-corrected chi connectivity index (χ1v) is 9.11. The molecule has 6 heteroatoms. The maximum atomic E-state index is 12.7. The second-order valence-electron chi connectivity index (χ2n) is 6.29. The van der Waals surface area contributed by atoms with Gasteiger partial charge in [0.15, 0.2) is 5.76 Å². The summed E-state index contributed by atoms with van der Waals surface area (Å²) in [4.78, 5) is 25.8. The van der Waals surface area contributed by atoms with Crippen molar-refractivity contribution < 1.29 is 14.0 Å². The smallest absolute Gasteiger partial charge is 0.292 e. The number of thiophene rings is 1. The van der Waals surface area contributed by atoms with Crippen molar-refractivity contribution >= 4 is 39.1 Å². The van der Waals surface area contributed by atoms with E-state index in [4.69, 9.17) is 10.2 Å². The van der Waals surface area contributed by atoms with Crippen LogP contribution in [0.4, 0.5) is 5.00 Å². The lowest BCUT2D eigenvalue weighted by molar-refractivity contribution is 0.0998. The Hall–Kier alpha value is -2.60. The molecule has 3 N–H and O–H groups in total. The van der Waals surface area contributed by atoms with Crippen LogP contribution in [0.3, 0.4) is 0 Å². The largest absolute Gasteiger partial charge is 0.451 e. The van der Waals surface area contributed by atoms with Crippen LogP contribution in [0.1, 0.15) is 49.8 Å². The van der Waals surface area contributed by atoms with E-state index < -0.39 is 5.91 Å². The van der Waals surface area contributed by atoms with Crippen LogP contribution in [-0.4, -0.2) is 11.8 Å². The number of benzene rings is 1. The highest BCUT2D eigenvalue weighted by molar-refractivity contribution is 7.17. The van der Waals surface area contributed by atoms with Gasteiger partial charge in [0.25, 0.3) is 11.8 Å². The normalized spacial score (nSPS) is 13.6. The van der Waals surface area contributed by atoms with E-state index in [1.165, 1.54) is 11.3 Å². The van der Waals surface area contributed by atoms with Crippen LogP contribution < -0.4 is 11.1 Å². The van der Waals surface area contributed by atoms with Crippen molar-refractivity contribution in [2.45, 2.75) is 32.6 Å². The lowest BCUT2D eigenvalue weighted by Gasteiger charge is -2.11. The molecule has 25 heavy (non-hydrogen) atoms. The van der Waals surface area contributed by atoms with Crippen molar-refractivity contribution in [3.8, 4) is 0 Å². The monoisotopic (exact) mass is 354 g/mol. The standard InChI is InChI=1S/C19H18N2O3S/c1-10-11-6-2-4-8-13(11)24-16(10)18(23)21-19-15(17(20)22)12-7-3-5-9-14(12)25-19/h2,4,6,8H,3,5,7,9H2,1H3,(H2,20,22)(H,21,23). The average Bonchev–Trinajstić information content (AvgIpc) is 3.13. The Bertz CT molecular complexity index is 1000. The van der Waals surface area contributed by atoms with Crippen molar-refractivity contribution in [3.63, 3.8) is 0 Å². The summed E-state index contributed by atoms with van der Waals surface area (Å²) in [6.07, 6.45) is 3.91. The van der Waals surface area contributed by atoms with Gasteiger partial charge in [-0.2, -0.15) is 0 Å². The number of hydrogen-bond donors (Lipinski definition) is 2. The Labute approximate surface area is 148 Å². The predicted molar refractivity (Wildman–Crippen MR) is 98.4 cm³/mol. The Balaban J connectivity index is 1.72. The summed E-state index contributed by atoms with van der Waals surface area (Å²) in [6.45, 7) is 1.86. The molecule has 0 unspecified atom stereocenters. The van der Waals surface area contributed by atoms with Crippen molar-refractivity contribution in [2.75, 3.05) is 5.32 Å². The lowest BCUT2D eigenvalue weighted by Crippen LogP contribution is -2.18. The van der Waals surface area contributed by atoms with Gasteiger partial charge < -0.3 is 15.5 Å². The highest BCUT2D eigenvalue weighted by Crippen LogP contribution is 2.38. The van der Waals surface area contributed by atoms with Gasteiger partial charge in [-0.25, -0.2) is 0 Å². The van der Waals surface area contributed by atoms with E-state index in [9.17, 15) is 9.59 Å². The number of hydrogen-bond acceptors (Lipinski definition) is 4. The molecule has 2 amide bonds. The highest BCUT2D eigenvalue weighted by Gasteiger charge is 2.26. The Kier molecular flexibility index (Phi) is 3.84. The number of carbonyl (C=O) groups excluding carboxylic acids is 2. The number of nitrogens with one attached hydrogen (secondary N) is 1. The molecule has 3 aromatic rings. The molecule has 1 aliphatic carbocycles. The molecule has 1 aromatic carbocycles. The maximum absolute atomic E-state index is 12.7. The van der Waals surface area contributed by atoms with Crippen LogP contribution in [0.25, 0.3) is 11.0 Å². The topological polar surface area (TPSA) is 85.3 Å². The molecule has 0 aliphatic heterocycles. The molecular formula is C19H18N2O3S. The average molecular weight is 354 g/mol. The maximum Gasteiger partial charge on any atom is 0.292 e. The minimum absolute atomic E-state index is 0.267. The summed E-state index contributed by atoms with van der Waals surface area (Å²) in [6, 6.07) is 7.53. The van der Waals surface area contributed by atoms with E-state index in [2.05, 4.69) is 5.32 Å². The lowest BCUT2D eigenvalue weighted by atomic mass is 9.95. The van der Waals surface area contributed by atoms with Gasteiger partial charge in [-0.15, -0.1) is 11.3 Å². The van der Waals surface area contributed by atoms with E-state index in [1.54, 1.807) is 0 Å². The fourth-order valence-electron chi connectivity index (χ4n) is 3.47. The van der Waals surface area contributed by atoms with Gasteiger partial charge in [-0.05, 0) is 44.2 Å². The summed E-state index contributed by atoms with van der Waals surface area (Å²) in [7, 11) is 0. The van der Waals surface area contributed by atoms with E-state index in [1.807, 2.05) is 31.2 Å². The number of para-hydroxylation sites is 1. The van der Waals surface area contributed by atoms with E-state index in [-0.39, 0.29) is 11.7 Å². The van der Waals surface area contributed by atoms with Gasteiger partial charge in [0.2, 0.25) is 0 Å². The Morgan fingerprint density at radius 2 is 1.96 bits per heavy atom. The third-order valence-electron chi connectivity index (χ3n) is 4.69. The van der Waals surface area contributed by atoms with Gasteiger partial charge in [-0.1, -0.05) is 18.2 Å². The molecule has 0 saturated carbocycles. The van der Waals surface area contributed by atoms with E-state index in [0.717, 1.165) is 47.1 Å². The molecule has 0 saturated heterocycles. The zero-order chi connectivity index (χ0) is 17.6. The van der Waals surface area contributed by atoms with Crippen molar-refractivity contribution in [2.24, 2.45) is 5.73 Å². The molecular weight excluding hydrogens is 336 g/mol. The van der Waals surface area contributed by atoms with Gasteiger partial charge in [0.1, 0.15) is 10.6 Å². The molecule has 5 nitrogen and oxygen atoms in total. The minimum Gasteiger partial charge on any atom is -0.451 e. The summed E-state index contributed by atoms with van der Waals surface area (Å²) in [5.74, 6) is -0.575. The Morgan fingerprint density at radius 1 is 1.20 bits per heavy atom. The van der Waals surface area contributed by atoms with Crippen molar-refractivity contribution in [1.29, 1.82) is 0 Å². The molecule has 0 radical (unpaired) electrons. The van der Waals surface area contributed by atoms with Crippen LogP contribution >= 0.6 is 11.3 Å². The first-order chi connectivity index (χ1) is 12.1. The molecule has 0 fully saturated rings.